The second kappa shape index (κ2) is 9.96. The van der Waals surface area contributed by atoms with E-state index >= 15 is 0 Å². The van der Waals surface area contributed by atoms with Crippen LogP contribution >= 0.6 is 11.6 Å². The Labute approximate surface area is 178 Å². The molecule has 1 aromatic rings. The molecule has 0 aliphatic carbocycles. The zero-order valence-electron chi connectivity index (χ0n) is 16.2. The minimum atomic E-state index is -1.09. The van der Waals surface area contributed by atoms with E-state index < -0.39 is 11.5 Å². The van der Waals surface area contributed by atoms with Crippen LogP contribution in [-0.2, 0) is 4.79 Å². The third-order valence-corrected chi connectivity index (χ3v) is 4.04. The van der Waals surface area contributed by atoms with Gasteiger partial charge in [-0.05, 0) is 62.8 Å². The Hall–Kier alpha value is -0.550. The van der Waals surface area contributed by atoms with Gasteiger partial charge < -0.3 is 14.8 Å². The maximum absolute atomic E-state index is 13.0. The second-order valence-electron chi connectivity index (χ2n) is 7.99. The van der Waals surface area contributed by atoms with Gasteiger partial charge in [0.25, 0.3) is 5.91 Å². The summed E-state index contributed by atoms with van der Waals surface area (Å²) in [6, 6.07) is 6.77. The first-order valence-corrected chi connectivity index (χ1v) is 8.57. The van der Waals surface area contributed by atoms with Crippen molar-refractivity contribution >= 4 is 23.5 Å². The Bertz CT molecular complexity index is 579. The summed E-state index contributed by atoms with van der Waals surface area (Å²) in [5, 5.41) is 11.3. The minimum absolute atomic E-state index is 0. The fourth-order valence-corrected chi connectivity index (χ4v) is 3.33. The molecule has 0 radical (unpaired) electrons. The van der Waals surface area contributed by atoms with E-state index in [1.165, 1.54) is 0 Å². The van der Waals surface area contributed by atoms with Crippen LogP contribution in [0.5, 0.6) is 0 Å². The number of carboxylic acid groups (broad SMARTS) is 1. The zero-order chi connectivity index (χ0) is 18.5. The van der Waals surface area contributed by atoms with Crippen LogP contribution in [0.25, 0.3) is 0 Å². The maximum Gasteiger partial charge on any atom is 1.00 e. The molecule has 1 aromatic carbocycles. The fourth-order valence-electron chi connectivity index (χ4n) is 3.20. The minimum Gasteiger partial charge on any atom is -0.550 e. The number of nitrogens with zero attached hydrogens (tertiary/aromatic N) is 1. The average Bonchev–Trinajstić information content (AvgIpc) is 2.40. The van der Waals surface area contributed by atoms with Gasteiger partial charge in [-0.2, -0.15) is 0 Å². The molecule has 6 heteroatoms. The number of carboxylic acids is 1. The van der Waals surface area contributed by atoms with Crippen molar-refractivity contribution in [3.05, 3.63) is 34.9 Å². The van der Waals surface area contributed by atoms with Gasteiger partial charge in [-0.15, -0.1) is 0 Å². The summed E-state index contributed by atoms with van der Waals surface area (Å²) in [6.45, 7) is 10.8. The number of carbonyl (C=O) groups is 2. The van der Waals surface area contributed by atoms with Crippen LogP contribution in [0.2, 0.25) is 5.02 Å². The summed E-state index contributed by atoms with van der Waals surface area (Å²) in [7, 11) is 0. The monoisotopic (exact) mass is 375 g/mol. The largest absolute Gasteiger partial charge is 1.00 e. The third-order valence-electron chi connectivity index (χ3n) is 3.79. The van der Waals surface area contributed by atoms with Gasteiger partial charge in [0, 0.05) is 28.6 Å². The zero-order valence-corrected chi connectivity index (χ0v) is 18.9. The van der Waals surface area contributed by atoms with Crippen molar-refractivity contribution in [2.75, 3.05) is 6.54 Å². The molecule has 4 nitrogen and oxygen atoms in total. The van der Waals surface area contributed by atoms with Gasteiger partial charge in [-0.25, -0.2) is 0 Å². The number of amides is 1. The molecule has 0 aliphatic rings. The molecule has 0 bridgehead atoms. The maximum atomic E-state index is 13.0. The van der Waals surface area contributed by atoms with Crippen LogP contribution in [0.15, 0.2) is 24.3 Å². The quantitative estimate of drug-likeness (QED) is 0.653. The van der Waals surface area contributed by atoms with E-state index in [-0.39, 0.29) is 47.3 Å². The second-order valence-corrected chi connectivity index (χ2v) is 8.43. The molecule has 0 N–H and O–H groups in total. The number of carbonyl (C=O) groups excluding carboxylic acids is 2. The predicted molar refractivity (Wildman–Crippen MR) is 94.9 cm³/mol. The predicted octanol–water partition coefficient (Wildman–Crippen LogP) is 0.531. The van der Waals surface area contributed by atoms with Crippen LogP contribution < -0.4 is 34.7 Å². The van der Waals surface area contributed by atoms with Gasteiger partial charge in [0.1, 0.15) is 0 Å². The number of hydrogen-bond donors (Lipinski definition) is 0. The van der Waals surface area contributed by atoms with Crippen molar-refractivity contribution in [1.82, 2.24) is 4.90 Å². The molecular formula is C19H27ClNNaO3. The summed E-state index contributed by atoms with van der Waals surface area (Å²) < 4.78 is 0. The first-order chi connectivity index (χ1) is 10.9. The molecule has 1 amide bonds. The molecule has 0 aromatic heterocycles. The van der Waals surface area contributed by atoms with E-state index in [9.17, 15) is 14.7 Å². The van der Waals surface area contributed by atoms with Crippen molar-refractivity contribution in [3.63, 3.8) is 0 Å². The average molecular weight is 376 g/mol. The van der Waals surface area contributed by atoms with Crippen LogP contribution in [0.1, 0.15) is 64.2 Å². The summed E-state index contributed by atoms with van der Waals surface area (Å²) >= 11 is 5.89. The Morgan fingerprint density at radius 1 is 1.08 bits per heavy atom. The molecule has 0 unspecified atom stereocenters. The van der Waals surface area contributed by atoms with E-state index in [1.807, 2.05) is 13.8 Å². The van der Waals surface area contributed by atoms with Gasteiger partial charge in [0.15, 0.2) is 0 Å². The van der Waals surface area contributed by atoms with E-state index in [1.54, 1.807) is 29.2 Å². The number of hydrogen-bond acceptors (Lipinski definition) is 3. The van der Waals surface area contributed by atoms with Gasteiger partial charge in [0.2, 0.25) is 0 Å². The smallest absolute Gasteiger partial charge is 0.550 e. The first kappa shape index (κ1) is 24.5. The molecule has 1 rings (SSSR count). The van der Waals surface area contributed by atoms with E-state index in [4.69, 9.17) is 11.6 Å². The Kier molecular flexibility index (Phi) is 9.74. The van der Waals surface area contributed by atoms with Gasteiger partial charge in [0.05, 0.1) is 0 Å². The standard InChI is InChI=1S/C19H28ClNO3.Na/c1-18(2,3)13-19(4,5)21(12-6-7-16(22)23)17(24)14-8-10-15(20)11-9-14;/h8-11H,6-7,12-13H2,1-5H3,(H,22,23);/q;+1/p-1. The van der Waals surface area contributed by atoms with Gasteiger partial charge in [-0.1, -0.05) is 32.4 Å². The van der Waals surface area contributed by atoms with Crippen molar-refractivity contribution < 1.29 is 44.3 Å². The van der Waals surface area contributed by atoms with Crippen LogP contribution in [0.4, 0.5) is 0 Å². The molecule has 0 spiro atoms. The third kappa shape index (κ3) is 8.59. The summed E-state index contributed by atoms with van der Waals surface area (Å²) in [6.07, 6.45) is 1.11. The topological polar surface area (TPSA) is 60.4 Å². The molecule has 0 saturated carbocycles. The molecule has 0 atom stereocenters. The van der Waals surface area contributed by atoms with Crippen LogP contribution in [0.3, 0.4) is 0 Å². The molecular weight excluding hydrogens is 349 g/mol. The van der Waals surface area contributed by atoms with Crippen molar-refractivity contribution in [2.24, 2.45) is 5.41 Å². The number of halogens is 1. The molecule has 25 heavy (non-hydrogen) atoms. The van der Waals surface area contributed by atoms with Crippen molar-refractivity contribution in [1.29, 1.82) is 0 Å². The van der Waals surface area contributed by atoms with Crippen molar-refractivity contribution in [3.8, 4) is 0 Å². The number of aliphatic carboxylic acids is 1. The summed E-state index contributed by atoms with van der Waals surface area (Å²) in [5.74, 6) is -1.21. The van der Waals surface area contributed by atoms with E-state index in [2.05, 4.69) is 20.8 Å². The summed E-state index contributed by atoms with van der Waals surface area (Å²) in [4.78, 5) is 25.5. The molecule has 0 fully saturated rings. The molecule has 0 saturated heterocycles. The van der Waals surface area contributed by atoms with E-state index in [0.717, 1.165) is 6.42 Å². The Balaban J connectivity index is 0.00000576. The van der Waals surface area contributed by atoms with Crippen molar-refractivity contribution in [2.45, 2.75) is 59.4 Å². The molecule has 0 heterocycles. The normalized spacial score (nSPS) is 11.6. The fraction of sp³-hybridized carbons (Fsp3) is 0.579. The molecule has 134 valence electrons. The van der Waals surface area contributed by atoms with Gasteiger partial charge in [-0.3, -0.25) is 4.79 Å². The van der Waals surface area contributed by atoms with Crippen LogP contribution in [0, 0.1) is 5.41 Å². The van der Waals surface area contributed by atoms with Crippen LogP contribution in [-0.4, -0.2) is 28.9 Å². The first-order valence-electron chi connectivity index (χ1n) is 8.20. The number of benzene rings is 1. The Morgan fingerprint density at radius 3 is 2.04 bits per heavy atom. The summed E-state index contributed by atoms with van der Waals surface area (Å²) in [5.41, 5.74) is 0.187. The number of rotatable bonds is 7. The SMILES string of the molecule is CC(C)(C)CC(C)(C)N(CCCC(=O)[O-])C(=O)c1ccc(Cl)cc1.[Na+]. The van der Waals surface area contributed by atoms with E-state index in [0.29, 0.717) is 23.6 Å². The van der Waals surface area contributed by atoms with Gasteiger partial charge >= 0.3 is 29.6 Å². The molecule has 0 aliphatic heterocycles. The Morgan fingerprint density at radius 2 is 1.60 bits per heavy atom.